The van der Waals surface area contributed by atoms with Crippen LogP contribution in [0.1, 0.15) is 38.8 Å². The molecule has 0 saturated carbocycles. The summed E-state index contributed by atoms with van der Waals surface area (Å²) in [6.07, 6.45) is 3.04. The molecule has 1 heterocycles. The first-order valence-corrected chi connectivity index (χ1v) is 10.8. The van der Waals surface area contributed by atoms with Gasteiger partial charge in [-0.25, -0.2) is 0 Å². The quantitative estimate of drug-likeness (QED) is 0.428. The fraction of sp³-hybridized carbons (Fsp3) is 0.400. The zero-order valence-electron chi connectivity index (χ0n) is 18.9. The Labute approximate surface area is 184 Å². The smallest absolute Gasteiger partial charge is 0.258 e. The number of benzene rings is 2. The minimum absolute atomic E-state index is 0.0421. The van der Waals surface area contributed by atoms with E-state index in [1.165, 1.54) is 16.5 Å². The van der Waals surface area contributed by atoms with Gasteiger partial charge < -0.3 is 25.1 Å². The first-order chi connectivity index (χ1) is 14.9. The van der Waals surface area contributed by atoms with Crippen molar-refractivity contribution in [3.05, 3.63) is 59.8 Å². The van der Waals surface area contributed by atoms with Gasteiger partial charge in [0.2, 0.25) is 0 Å². The molecule has 0 spiro atoms. The number of hydrogen-bond acceptors (Lipinski definition) is 4. The number of H-pyrrole nitrogens is 1. The van der Waals surface area contributed by atoms with Crippen LogP contribution in [0.5, 0.6) is 11.5 Å². The molecular formula is C25H33N3O3. The zero-order valence-corrected chi connectivity index (χ0v) is 18.9. The first kappa shape index (κ1) is 22.7. The molecule has 0 aliphatic heterocycles. The summed E-state index contributed by atoms with van der Waals surface area (Å²) in [5.74, 6) is 1.08. The maximum Gasteiger partial charge on any atom is 0.258 e. The Kier molecular flexibility index (Phi) is 7.58. The van der Waals surface area contributed by atoms with Gasteiger partial charge >= 0.3 is 0 Å². The van der Waals surface area contributed by atoms with Crippen molar-refractivity contribution >= 4 is 16.8 Å². The predicted octanol–water partition coefficient (Wildman–Crippen LogP) is 4.19. The number of hydrogen-bond donors (Lipinski definition) is 3. The van der Waals surface area contributed by atoms with Gasteiger partial charge in [-0.2, -0.15) is 0 Å². The summed E-state index contributed by atoms with van der Waals surface area (Å²) in [6.45, 7) is 9.85. The molecule has 6 heteroatoms. The van der Waals surface area contributed by atoms with E-state index in [1.54, 1.807) is 0 Å². The van der Waals surface area contributed by atoms with Crippen LogP contribution in [0.4, 0.5) is 0 Å². The molecule has 3 aromatic rings. The zero-order chi connectivity index (χ0) is 22.3. The van der Waals surface area contributed by atoms with Crippen molar-refractivity contribution in [3.63, 3.8) is 0 Å². The lowest BCUT2D eigenvalue weighted by Gasteiger charge is -2.21. The molecule has 1 amide bonds. The largest absolute Gasteiger partial charge is 0.490 e. The second-order valence-corrected chi connectivity index (χ2v) is 8.59. The summed E-state index contributed by atoms with van der Waals surface area (Å²) in [5, 5.41) is 7.66. The molecule has 0 radical (unpaired) electrons. The molecule has 31 heavy (non-hydrogen) atoms. The van der Waals surface area contributed by atoms with Crippen LogP contribution >= 0.6 is 0 Å². The van der Waals surface area contributed by atoms with E-state index in [-0.39, 0.29) is 18.1 Å². The SMILES string of the molecule is CCOc1cc(CNCCc2c[nH]c3ccccc23)ccc1OCC(=O)NC(C)(C)C. The average Bonchev–Trinajstić information content (AvgIpc) is 3.13. The van der Waals surface area contributed by atoms with Crippen molar-refractivity contribution in [2.45, 2.75) is 46.2 Å². The Balaban J connectivity index is 1.53. The third kappa shape index (κ3) is 6.76. The van der Waals surface area contributed by atoms with Crippen LogP contribution in [0.2, 0.25) is 0 Å². The molecule has 0 atom stereocenters. The van der Waals surface area contributed by atoms with Gasteiger partial charge in [-0.1, -0.05) is 24.3 Å². The second-order valence-electron chi connectivity index (χ2n) is 8.59. The molecule has 3 rings (SSSR count). The average molecular weight is 424 g/mol. The summed E-state index contributed by atoms with van der Waals surface area (Å²) in [4.78, 5) is 15.4. The lowest BCUT2D eigenvalue weighted by molar-refractivity contribution is -0.124. The number of aromatic amines is 1. The maximum atomic E-state index is 12.0. The number of amides is 1. The van der Waals surface area contributed by atoms with Crippen molar-refractivity contribution in [1.82, 2.24) is 15.6 Å². The summed E-state index contributed by atoms with van der Waals surface area (Å²) in [6, 6.07) is 14.2. The van der Waals surface area contributed by atoms with E-state index < -0.39 is 0 Å². The Bertz CT molecular complexity index is 1000. The van der Waals surface area contributed by atoms with Gasteiger partial charge in [0, 0.05) is 29.2 Å². The standard InChI is InChI=1S/C25H33N3O3/c1-5-30-23-14-18(10-11-22(23)31-17-24(29)28-25(2,3)4)15-26-13-12-19-16-27-21-9-7-6-8-20(19)21/h6-11,14,16,26-27H,5,12-13,15,17H2,1-4H3,(H,28,29). The van der Waals surface area contributed by atoms with E-state index in [0.717, 1.165) is 25.1 Å². The molecule has 2 aromatic carbocycles. The number of carbonyl (C=O) groups is 1. The first-order valence-electron chi connectivity index (χ1n) is 10.8. The van der Waals surface area contributed by atoms with E-state index >= 15 is 0 Å². The number of aromatic nitrogens is 1. The van der Waals surface area contributed by atoms with Crippen LogP contribution < -0.4 is 20.1 Å². The highest BCUT2D eigenvalue weighted by Gasteiger charge is 2.15. The maximum absolute atomic E-state index is 12.0. The number of para-hydroxylation sites is 1. The fourth-order valence-electron chi connectivity index (χ4n) is 3.44. The van der Waals surface area contributed by atoms with Gasteiger partial charge in [-0.15, -0.1) is 0 Å². The van der Waals surface area contributed by atoms with Crippen LogP contribution in [-0.4, -0.2) is 36.2 Å². The lowest BCUT2D eigenvalue weighted by atomic mass is 10.1. The topological polar surface area (TPSA) is 75.4 Å². The molecule has 0 fully saturated rings. The molecule has 0 aliphatic rings. The van der Waals surface area contributed by atoms with Crippen LogP contribution in [-0.2, 0) is 17.8 Å². The predicted molar refractivity (Wildman–Crippen MR) is 125 cm³/mol. The molecule has 6 nitrogen and oxygen atoms in total. The van der Waals surface area contributed by atoms with Crippen LogP contribution in [0.15, 0.2) is 48.7 Å². The third-order valence-corrected chi connectivity index (χ3v) is 4.76. The van der Waals surface area contributed by atoms with Gasteiger partial charge in [0.15, 0.2) is 18.1 Å². The van der Waals surface area contributed by atoms with Gasteiger partial charge in [0.05, 0.1) is 6.61 Å². The Morgan fingerprint density at radius 1 is 1.06 bits per heavy atom. The van der Waals surface area contributed by atoms with E-state index in [2.05, 4.69) is 40.0 Å². The van der Waals surface area contributed by atoms with Crippen molar-refractivity contribution in [3.8, 4) is 11.5 Å². The molecule has 0 bridgehead atoms. The highest BCUT2D eigenvalue weighted by atomic mass is 16.5. The fourth-order valence-corrected chi connectivity index (χ4v) is 3.44. The highest BCUT2D eigenvalue weighted by Crippen LogP contribution is 2.28. The summed E-state index contributed by atoms with van der Waals surface area (Å²) in [5.41, 5.74) is 3.31. The number of fused-ring (bicyclic) bond motifs is 1. The van der Waals surface area contributed by atoms with Gasteiger partial charge in [-0.05, 0) is 70.0 Å². The molecular weight excluding hydrogens is 390 g/mol. The monoisotopic (exact) mass is 423 g/mol. The summed E-state index contributed by atoms with van der Waals surface area (Å²) in [7, 11) is 0. The van der Waals surface area contributed by atoms with E-state index in [1.807, 2.05) is 52.0 Å². The van der Waals surface area contributed by atoms with Crippen LogP contribution in [0.25, 0.3) is 10.9 Å². The molecule has 166 valence electrons. The number of carbonyl (C=O) groups excluding carboxylic acids is 1. The van der Waals surface area contributed by atoms with Gasteiger partial charge in [-0.3, -0.25) is 4.79 Å². The molecule has 0 aliphatic carbocycles. The van der Waals surface area contributed by atoms with E-state index in [4.69, 9.17) is 9.47 Å². The second kappa shape index (κ2) is 10.4. The molecule has 0 saturated heterocycles. The van der Waals surface area contributed by atoms with Crippen LogP contribution in [0.3, 0.4) is 0 Å². The molecule has 0 unspecified atom stereocenters. The Morgan fingerprint density at radius 3 is 2.65 bits per heavy atom. The number of nitrogens with one attached hydrogen (secondary N) is 3. The Morgan fingerprint density at radius 2 is 1.87 bits per heavy atom. The minimum atomic E-state index is -0.286. The summed E-state index contributed by atoms with van der Waals surface area (Å²) >= 11 is 0. The van der Waals surface area contributed by atoms with E-state index in [0.29, 0.717) is 18.1 Å². The van der Waals surface area contributed by atoms with Gasteiger partial charge in [0.25, 0.3) is 5.91 Å². The van der Waals surface area contributed by atoms with Crippen molar-refractivity contribution in [1.29, 1.82) is 0 Å². The lowest BCUT2D eigenvalue weighted by Crippen LogP contribution is -2.43. The van der Waals surface area contributed by atoms with Crippen molar-refractivity contribution < 1.29 is 14.3 Å². The summed E-state index contributed by atoms with van der Waals surface area (Å²) < 4.78 is 11.4. The van der Waals surface area contributed by atoms with Crippen LogP contribution in [0, 0.1) is 0 Å². The minimum Gasteiger partial charge on any atom is -0.490 e. The normalized spacial score (nSPS) is 11.5. The van der Waals surface area contributed by atoms with E-state index in [9.17, 15) is 4.79 Å². The highest BCUT2D eigenvalue weighted by molar-refractivity contribution is 5.83. The third-order valence-electron chi connectivity index (χ3n) is 4.76. The molecule has 3 N–H and O–H groups in total. The van der Waals surface area contributed by atoms with Gasteiger partial charge in [0.1, 0.15) is 0 Å². The Hall–Kier alpha value is -2.99. The number of rotatable bonds is 10. The molecule has 1 aromatic heterocycles. The van der Waals surface area contributed by atoms with Crippen molar-refractivity contribution in [2.24, 2.45) is 0 Å². The number of ether oxygens (including phenoxy) is 2. The van der Waals surface area contributed by atoms with Crippen molar-refractivity contribution in [2.75, 3.05) is 19.8 Å².